The molecule has 0 spiro atoms. The lowest BCUT2D eigenvalue weighted by Gasteiger charge is -2.28. The van der Waals surface area contributed by atoms with Crippen molar-refractivity contribution in [1.82, 2.24) is 0 Å². The molecule has 1 aliphatic heterocycles. The fraction of sp³-hybridized carbons (Fsp3) is 0.300. The lowest BCUT2D eigenvalue weighted by molar-refractivity contribution is -0.115. The lowest BCUT2D eigenvalue weighted by atomic mass is 10.1. The highest BCUT2D eigenvalue weighted by atomic mass is 32.2. The molecule has 26 heavy (non-hydrogen) atoms. The number of thioether (sulfide) groups is 1. The van der Waals surface area contributed by atoms with Gasteiger partial charge in [-0.1, -0.05) is 24.3 Å². The molecule has 1 fully saturated rings. The van der Waals surface area contributed by atoms with E-state index in [0.29, 0.717) is 17.0 Å². The van der Waals surface area contributed by atoms with Crippen LogP contribution in [-0.4, -0.2) is 23.7 Å². The number of nitrogens with zero attached hydrogens (tertiary/aromatic N) is 1. The van der Waals surface area contributed by atoms with Crippen molar-refractivity contribution in [2.75, 3.05) is 10.7 Å². The van der Waals surface area contributed by atoms with Crippen molar-refractivity contribution in [3.05, 3.63) is 65.0 Å². The molecule has 6 heteroatoms. The van der Waals surface area contributed by atoms with Crippen LogP contribution in [0.2, 0.25) is 0 Å². The van der Waals surface area contributed by atoms with E-state index in [1.165, 1.54) is 23.9 Å². The van der Waals surface area contributed by atoms with Crippen LogP contribution in [0.15, 0.2) is 42.5 Å². The van der Waals surface area contributed by atoms with Crippen molar-refractivity contribution in [2.45, 2.75) is 32.2 Å². The zero-order chi connectivity index (χ0) is 18.8. The van der Waals surface area contributed by atoms with Crippen LogP contribution < -0.4 is 4.90 Å². The summed E-state index contributed by atoms with van der Waals surface area (Å²) in [7, 11) is 0. The number of hydrogen-bond donors (Lipinski definition) is 0. The van der Waals surface area contributed by atoms with Gasteiger partial charge in [-0.25, -0.2) is 9.18 Å². The fourth-order valence-corrected chi connectivity index (χ4v) is 4.12. The van der Waals surface area contributed by atoms with Crippen LogP contribution in [0.3, 0.4) is 0 Å². The van der Waals surface area contributed by atoms with E-state index in [1.54, 1.807) is 43.0 Å². The van der Waals surface area contributed by atoms with Crippen LogP contribution >= 0.6 is 11.8 Å². The Bertz CT molecular complexity index is 835. The smallest absolute Gasteiger partial charge is 0.340 e. The molecule has 1 saturated heterocycles. The summed E-state index contributed by atoms with van der Waals surface area (Å²) in [6, 6.07) is 11.4. The molecule has 2 aromatic carbocycles. The van der Waals surface area contributed by atoms with Gasteiger partial charge in [-0.15, -0.1) is 11.8 Å². The Hall–Kier alpha value is -2.34. The van der Waals surface area contributed by atoms with Crippen LogP contribution in [0.5, 0.6) is 0 Å². The molecule has 2 aromatic rings. The third-order valence-electron chi connectivity index (χ3n) is 4.06. The number of ether oxygens (including phenoxy) is 1. The summed E-state index contributed by atoms with van der Waals surface area (Å²) in [6.07, 6.45) is -0.257. The average Bonchev–Trinajstić information content (AvgIpc) is 2.96. The number of amides is 1. The Labute approximate surface area is 156 Å². The van der Waals surface area contributed by atoms with E-state index in [1.807, 2.05) is 13.0 Å². The monoisotopic (exact) mass is 373 g/mol. The summed E-state index contributed by atoms with van der Waals surface area (Å²) in [6.45, 7) is 5.43. The second-order valence-electron chi connectivity index (χ2n) is 6.40. The molecule has 0 saturated carbocycles. The standard InChI is InChI=1S/C20H20FNO3S/c1-12(2)25-20(24)16-6-4-5-13(3)18(16)22-17(23)11-26-19(22)14-7-9-15(21)10-8-14/h4-10,12,19H,11H2,1-3H3. The molecular formula is C20H20FNO3S. The summed E-state index contributed by atoms with van der Waals surface area (Å²) in [5.74, 6) is -0.570. The minimum atomic E-state index is -0.457. The molecule has 1 atom stereocenters. The van der Waals surface area contributed by atoms with Crippen molar-refractivity contribution < 1.29 is 18.7 Å². The van der Waals surface area contributed by atoms with Gasteiger partial charge in [-0.3, -0.25) is 9.69 Å². The van der Waals surface area contributed by atoms with Crippen LogP contribution in [0.25, 0.3) is 0 Å². The fourth-order valence-electron chi connectivity index (χ4n) is 2.96. The Morgan fingerprint density at radius 2 is 1.92 bits per heavy atom. The van der Waals surface area contributed by atoms with E-state index in [2.05, 4.69) is 0 Å². The summed E-state index contributed by atoms with van der Waals surface area (Å²) in [5.41, 5.74) is 2.55. The average molecular weight is 373 g/mol. The van der Waals surface area contributed by atoms with Gasteiger partial charge in [0, 0.05) is 0 Å². The minimum Gasteiger partial charge on any atom is -0.459 e. The molecular weight excluding hydrogens is 353 g/mol. The Morgan fingerprint density at radius 1 is 1.23 bits per heavy atom. The molecule has 3 rings (SSSR count). The number of halogens is 1. The lowest BCUT2D eigenvalue weighted by Crippen LogP contribution is -2.30. The van der Waals surface area contributed by atoms with Gasteiger partial charge < -0.3 is 4.74 Å². The van der Waals surface area contributed by atoms with Crippen molar-refractivity contribution in [3.8, 4) is 0 Å². The largest absolute Gasteiger partial charge is 0.459 e. The first kappa shape index (κ1) is 18.5. The Balaban J connectivity index is 2.06. The number of rotatable bonds is 4. The maximum absolute atomic E-state index is 13.3. The molecule has 0 N–H and O–H groups in total. The van der Waals surface area contributed by atoms with E-state index < -0.39 is 5.97 Å². The Morgan fingerprint density at radius 3 is 2.58 bits per heavy atom. The molecule has 0 aliphatic carbocycles. The van der Waals surface area contributed by atoms with E-state index in [4.69, 9.17) is 4.74 Å². The van der Waals surface area contributed by atoms with Crippen molar-refractivity contribution >= 4 is 29.3 Å². The highest BCUT2D eigenvalue weighted by Crippen LogP contribution is 2.44. The quantitative estimate of drug-likeness (QED) is 0.742. The summed E-state index contributed by atoms with van der Waals surface area (Å²) >= 11 is 1.46. The van der Waals surface area contributed by atoms with E-state index in [-0.39, 0.29) is 23.2 Å². The SMILES string of the molecule is Cc1cccc(C(=O)OC(C)C)c1N1C(=O)CSC1c1ccc(F)cc1. The summed E-state index contributed by atoms with van der Waals surface area (Å²) in [5, 5.41) is -0.310. The topological polar surface area (TPSA) is 46.6 Å². The first-order chi connectivity index (χ1) is 12.4. The molecule has 0 radical (unpaired) electrons. The second-order valence-corrected chi connectivity index (χ2v) is 7.47. The van der Waals surface area contributed by atoms with Gasteiger partial charge in [0.05, 0.1) is 23.1 Å². The van der Waals surface area contributed by atoms with E-state index in [0.717, 1.165) is 11.1 Å². The van der Waals surface area contributed by atoms with Crippen LogP contribution in [-0.2, 0) is 9.53 Å². The highest BCUT2D eigenvalue weighted by Gasteiger charge is 2.37. The number of aryl methyl sites for hydroxylation is 1. The number of esters is 1. The number of para-hydroxylation sites is 1. The highest BCUT2D eigenvalue weighted by molar-refractivity contribution is 8.00. The maximum atomic E-state index is 13.3. The van der Waals surface area contributed by atoms with Crippen molar-refractivity contribution in [3.63, 3.8) is 0 Å². The van der Waals surface area contributed by atoms with Crippen molar-refractivity contribution in [1.29, 1.82) is 0 Å². The zero-order valence-corrected chi connectivity index (χ0v) is 15.7. The van der Waals surface area contributed by atoms with Gasteiger partial charge in [0.2, 0.25) is 5.91 Å². The number of anilines is 1. The van der Waals surface area contributed by atoms with Crippen LogP contribution in [0.4, 0.5) is 10.1 Å². The summed E-state index contributed by atoms with van der Waals surface area (Å²) < 4.78 is 18.6. The first-order valence-corrected chi connectivity index (χ1v) is 9.43. The normalized spacial score (nSPS) is 17.0. The minimum absolute atomic E-state index is 0.0859. The van der Waals surface area contributed by atoms with Crippen LogP contribution in [0, 0.1) is 12.7 Å². The number of carbonyl (C=O) groups is 2. The predicted molar refractivity (Wildman–Crippen MR) is 101 cm³/mol. The molecule has 136 valence electrons. The van der Waals surface area contributed by atoms with Crippen LogP contribution in [0.1, 0.15) is 40.7 Å². The number of carbonyl (C=O) groups excluding carboxylic acids is 2. The van der Waals surface area contributed by atoms with Gasteiger partial charge >= 0.3 is 5.97 Å². The third-order valence-corrected chi connectivity index (χ3v) is 5.28. The van der Waals surface area contributed by atoms with Gasteiger partial charge in [0.15, 0.2) is 0 Å². The van der Waals surface area contributed by atoms with Gasteiger partial charge in [-0.05, 0) is 50.1 Å². The third kappa shape index (κ3) is 3.60. The molecule has 0 aromatic heterocycles. The second kappa shape index (κ2) is 7.50. The molecule has 1 aliphatic rings. The van der Waals surface area contributed by atoms with Gasteiger partial charge in [0.25, 0.3) is 0 Å². The van der Waals surface area contributed by atoms with Crippen molar-refractivity contribution in [2.24, 2.45) is 0 Å². The first-order valence-electron chi connectivity index (χ1n) is 8.38. The van der Waals surface area contributed by atoms with Gasteiger partial charge in [-0.2, -0.15) is 0 Å². The van der Waals surface area contributed by atoms with E-state index in [9.17, 15) is 14.0 Å². The summed E-state index contributed by atoms with van der Waals surface area (Å²) in [4.78, 5) is 26.8. The molecule has 1 amide bonds. The number of benzene rings is 2. The molecule has 1 heterocycles. The maximum Gasteiger partial charge on any atom is 0.340 e. The van der Waals surface area contributed by atoms with E-state index >= 15 is 0 Å². The molecule has 4 nitrogen and oxygen atoms in total. The predicted octanol–water partition coefficient (Wildman–Crippen LogP) is 4.48. The Kier molecular flexibility index (Phi) is 5.32. The number of hydrogen-bond acceptors (Lipinski definition) is 4. The molecule has 1 unspecified atom stereocenters. The zero-order valence-electron chi connectivity index (χ0n) is 14.9. The van der Waals surface area contributed by atoms with Gasteiger partial charge in [0.1, 0.15) is 11.2 Å². The molecule has 0 bridgehead atoms.